The molecule has 2 aromatic carbocycles. The van der Waals surface area contributed by atoms with E-state index in [1.54, 1.807) is 20.3 Å². The molecule has 2 aliphatic rings. The van der Waals surface area contributed by atoms with Gasteiger partial charge in [-0.25, -0.2) is 0 Å². The molecule has 136 valence electrons. The molecular weight excluding hydrogens is 393 g/mol. The van der Waals surface area contributed by atoms with Gasteiger partial charge in [0.2, 0.25) is 0 Å². The van der Waals surface area contributed by atoms with Crippen LogP contribution in [0.2, 0.25) is 15.1 Å². The van der Waals surface area contributed by atoms with Crippen molar-refractivity contribution in [2.75, 3.05) is 19.5 Å². The van der Waals surface area contributed by atoms with Crippen molar-refractivity contribution in [2.24, 2.45) is 5.92 Å². The average Bonchev–Trinajstić information content (AvgIpc) is 3.14. The van der Waals surface area contributed by atoms with Gasteiger partial charge in [0.05, 0.1) is 41.0 Å². The fraction of sp³-hybridized carbons (Fsp3) is 0.300. The number of ether oxygens (including phenoxy) is 2. The van der Waals surface area contributed by atoms with E-state index in [0.29, 0.717) is 32.5 Å². The number of allylic oxidation sites excluding steroid dienone is 2. The highest BCUT2D eigenvalue weighted by atomic mass is 35.5. The van der Waals surface area contributed by atoms with Crippen LogP contribution in [0.1, 0.15) is 29.5 Å². The predicted molar refractivity (Wildman–Crippen MR) is 107 cm³/mol. The van der Waals surface area contributed by atoms with E-state index in [-0.39, 0.29) is 12.0 Å². The first-order valence-corrected chi connectivity index (χ1v) is 9.51. The van der Waals surface area contributed by atoms with Crippen LogP contribution in [0, 0.1) is 5.92 Å². The summed E-state index contributed by atoms with van der Waals surface area (Å²) < 4.78 is 10.8. The van der Waals surface area contributed by atoms with Crippen LogP contribution in [0.4, 0.5) is 5.69 Å². The molecule has 0 saturated carbocycles. The molecule has 0 unspecified atom stereocenters. The van der Waals surface area contributed by atoms with Crippen LogP contribution in [0.3, 0.4) is 0 Å². The molecule has 3 nitrogen and oxygen atoms in total. The number of methoxy groups -OCH3 is 2. The van der Waals surface area contributed by atoms with Gasteiger partial charge in [0.1, 0.15) is 0 Å². The molecule has 0 spiro atoms. The van der Waals surface area contributed by atoms with E-state index in [2.05, 4.69) is 23.5 Å². The van der Waals surface area contributed by atoms with Crippen molar-refractivity contribution in [1.29, 1.82) is 0 Å². The first-order valence-electron chi connectivity index (χ1n) is 8.37. The molecule has 26 heavy (non-hydrogen) atoms. The summed E-state index contributed by atoms with van der Waals surface area (Å²) in [4.78, 5) is 0. The standard InChI is InChI=1S/C20H18Cl3NO2/c1-25-15-7-6-10(8-16(15)26-2)19-12-5-3-4-11(12)17-18(23)13(21)9-14(22)20(17)24-19/h3-4,6-9,11-12,19,24H,5H2,1-2H3/t11-,12+,19+/m1/s1. The Kier molecular flexibility index (Phi) is 4.72. The highest BCUT2D eigenvalue weighted by molar-refractivity contribution is 6.44. The zero-order valence-electron chi connectivity index (χ0n) is 14.4. The molecule has 3 atom stereocenters. The molecule has 1 aliphatic heterocycles. The number of rotatable bonds is 3. The Bertz CT molecular complexity index is 897. The van der Waals surface area contributed by atoms with E-state index in [1.807, 2.05) is 12.1 Å². The first kappa shape index (κ1) is 17.8. The second-order valence-corrected chi connectivity index (χ2v) is 7.73. The van der Waals surface area contributed by atoms with Crippen LogP contribution in [0.5, 0.6) is 11.5 Å². The third kappa shape index (κ3) is 2.74. The summed E-state index contributed by atoms with van der Waals surface area (Å²) in [7, 11) is 3.28. The van der Waals surface area contributed by atoms with Crippen LogP contribution in [-0.4, -0.2) is 14.2 Å². The van der Waals surface area contributed by atoms with E-state index in [1.165, 1.54) is 0 Å². The van der Waals surface area contributed by atoms with Gasteiger partial charge >= 0.3 is 0 Å². The maximum Gasteiger partial charge on any atom is 0.161 e. The van der Waals surface area contributed by atoms with E-state index in [9.17, 15) is 0 Å². The van der Waals surface area contributed by atoms with Gasteiger partial charge in [-0.2, -0.15) is 0 Å². The summed E-state index contributed by atoms with van der Waals surface area (Å²) in [5, 5.41) is 5.24. The van der Waals surface area contributed by atoms with E-state index >= 15 is 0 Å². The zero-order valence-corrected chi connectivity index (χ0v) is 16.6. The lowest BCUT2D eigenvalue weighted by Gasteiger charge is -2.38. The molecule has 1 heterocycles. The summed E-state index contributed by atoms with van der Waals surface area (Å²) in [5.41, 5.74) is 2.96. The maximum absolute atomic E-state index is 6.53. The van der Waals surface area contributed by atoms with Gasteiger partial charge < -0.3 is 14.8 Å². The van der Waals surface area contributed by atoms with Crippen LogP contribution in [0.15, 0.2) is 36.4 Å². The third-order valence-corrected chi connectivity index (χ3v) is 6.35. The van der Waals surface area contributed by atoms with Gasteiger partial charge in [-0.1, -0.05) is 53.0 Å². The number of nitrogens with one attached hydrogen (secondary N) is 1. The van der Waals surface area contributed by atoms with Crippen molar-refractivity contribution < 1.29 is 9.47 Å². The quantitative estimate of drug-likeness (QED) is 0.463. The lowest BCUT2D eigenvalue weighted by molar-refractivity contribution is 0.353. The number of benzene rings is 2. The minimum absolute atomic E-state index is 0.0806. The molecule has 0 saturated heterocycles. The van der Waals surface area contributed by atoms with Crippen LogP contribution < -0.4 is 14.8 Å². The maximum atomic E-state index is 6.53. The summed E-state index contributed by atoms with van der Waals surface area (Å²) in [6.07, 6.45) is 5.36. The first-order chi connectivity index (χ1) is 12.5. The van der Waals surface area contributed by atoms with Crippen LogP contribution in [-0.2, 0) is 0 Å². The molecule has 6 heteroatoms. The van der Waals surface area contributed by atoms with Crippen molar-refractivity contribution in [3.8, 4) is 11.5 Å². The Hall–Kier alpha value is -1.55. The van der Waals surface area contributed by atoms with Gasteiger partial charge in [-0.3, -0.25) is 0 Å². The third-order valence-electron chi connectivity index (χ3n) is 5.25. The SMILES string of the molecule is COc1ccc([C@@H]2Nc3c(Cl)cc(Cl)c(Cl)c3[C@@H]3C=CC[C@@H]32)cc1OC. The lowest BCUT2D eigenvalue weighted by Crippen LogP contribution is -2.29. The number of halogens is 3. The number of anilines is 1. The molecule has 0 aromatic heterocycles. The van der Waals surface area contributed by atoms with Crippen molar-refractivity contribution in [3.05, 3.63) is 62.6 Å². The van der Waals surface area contributed by atoms with Crippen molar-refractivity contribution in [2.45, 2.75) is 18.4 Å². The van der Waals surface area contributed by atoms with Gasteiger partial charge in [0.25, 0.3) is 0 Å². The average molecular weight is 411 g/mol. The van der Waals surface area contributed by atoms with Gasteiger partial charge in [-0.15, -0.1) is 0 Å². The largest absolute Gasteiger partial charge is 0.493 e. The molecule has 2 aromatic rings. The fourth-order valence-corrected chi connectivity index (χ4v) is 4.85. The summed E-state index contributed by atoms with van der Waals surface area (Å²) in [6.45, 7) is 0. The number of fused-ring (bicyclic) bond motifs is 3. The second kappa shape index (κ2) is 6.88. The van der Waals surface area contributed by atoms with E-state index in [0.717, 1.165) is 23.2 Å². The molecule has 0 bridgehead atoms. The minimum Gasteiger partial charge on any atom is -0.493 e. The van der Waals surface area contributed by atoms with Crippen LogP contribution >= 0.6 is 34.8 Å². The Morgan fingerprint density at radius 1 is 1.00 bits per heavy atom. The Labute approximate surface area is 167 Å². The molecule has 4 rings (SSSR count). The van der Waals surface area contributed by atoms with E-state index < -0.39 is 0 Å². The van der Waals surface area contributed by atoms with Gasteiger partial charge in [0.15, 0.2) is 11.5 Å². The van der Waals surface area contributed by atoms with Crippen molar-refractivity contribution >= 4 is 40.5 Å². The lowest BCUT2D eigenvalue weighted by atomic mass is 9.77. The molecule has 0 radical (unpaired) electrons. The van der Waals surface area contributed by atoms with Crippen molar-refractivity contribution in [3.63, 3.8) is 0 Å². The minimum atomic E-state index is 0.0806. The Balaban J connectivity index is 1.82. The molecule has 0 amide bonds. The molecule has 1 N–H and O–H groups in total. The zero-order chi connectivity index (χ0) is 18.4. The summed E-state index contributed by atoms with van der Waals surface area (Å²) in [5.74, 6) is 1.92. The fourth-order valence-electron chi connectivity index (χ4n) is 4.04. The Morgan fingerprint density at radius 2 is 1.77 bits per heavy atom. The second-order valence-electron chi connectivity index (χ2n) is 6.53. The molecule has 1 aliphatic carbocycles. The highest BCUT2D eigenvalue weighted by Gasteiger charge is 2.40. The topological polar surface area (TPSA) is 30.5 Å². The van der Waals surface area contributed by atoms with E-state index in [4.69, 9.17) is 44.3 Å². The highest BCUT2D eigenvalue weighted by Crippen LogP contribution is 2.55. The monoisotopic (exact) mass is 409 g/mol. The molecule has 0 fully saturated rings. The number of hydrogen-bond acceptors (Lipinski definition) is 3. The van der Waals surface area contributed by atoms with Gasteiger partial charge in [0, 0.05) is 11.5 Å². The normalized spacial score (nSPS) is 23.2. The summed E-state index contributed by atoms with van der Waals surface area (Å²) >= 11 is 19.3. The smallest absolute Gasteiger partial charge is 0.161 e. The predicted octanol–water partition coefficient (Wildman–Crippen LogP) is 6.49. The molecular formula is C20H18Cl3NO2. The number of hydrogen-bond donors (Lipinski definition) is 1. The summed E-state index contributed by atoms with van der Waals surface area (Å²) in [6, 6.07) is 7.78. The van der Waals surface area contributed by atoms with Crippen LogP contribution in [0.25, 0.3) is 0 Å². The van der Waals surface area contributed by atoms with Crippen molar-refractivity contribution in [1.82, 2.24) is 0 Å². The Morgan fingerprint density at radius 3 is 2.50 bits per heavy atom. The van der Waals surface area contributed by atoms with Gasteiger partial charge in [-0.05, 0) is 36.1 Å².